The van der Waals surface area contributed by atoms with Crippen molar-refractivity contribution in [1.82, 2.24) is 5.32 Å². The van der Waals surface area contributed by atoms with Gasteiger partial charge in [-0.2, -0.15) is 0 Å². The molecular formula is C16H25N3O3. The van der Waals surface area contributed by atoms with Gasteiger partial charge in [-0.15, -0.1) is 0 Å². The van der Waals surface area contributed by atoms with Crippen molar-refractivity contribution < 1.29 is 9.72 Å². The quantitative estimate of drug-likeness (QED) is 0.416. The fraction of sp³-hybridized carbons (Fsp3) is 0.562. The number of hydrogen-bond acceptors (Lipinski definition) is 4. The predicted molar refractivity (Wildman–Crippen MR) is 86.5 cm³/mol. The second kappa shape index (κ2) is 9.15. The lowest BCUT2D eigenvalue weighted by atomic mass is 10.0. The summed E-state index contributed by atoms with van der Waals surface area (Å²) in [5, 5.41) is 13.4. The van der Waals surface area contributed by atoms with Crippen molar-refractivity contribution in [3.8, 4) is 0 Å². The Labute approximate surface area is 131 Å². The lowest BCUT2D eigenvalue weighted by Crippen LogP contribution is -2.41. The van der Waals surface area contributed by atoms with Crippen LogP contribution in [0.5, 0.6) is 0 Å². The van der Waals surface area contributed by atoms with E-state index in [0.29, 0.717) is 18.9 Å². The van der Waals surface area contributed by atoms with E-state index in [-0.39, 0.29) is 11.6 Å². The molecule has 3 N–H and O–H groups in total. The molecule has 0 bridgehead atoms. The van der Waals surface area contributed by atoms with Gasteiger partial charge in [0.25, 0.3) is 5.69 Å². The van der Waals surface area contributed by atoms with Crippen molar-refractivity contribution in [2.75, 3.05) is 6.54 Å². The van der Waals surface area contributed by atoms with Crippen LogP contribution in [0, 0.1) is 16.0 Å². The number of rotatable bonds is 9. The van der Waals surface area contributed by atoms with Crippen LogP contribution in [0.3, 0.4) is 0 Å². The van der Waals surface area contributed by atoms with E-state index >= 15 is 0 Å². The molecule has 0 heterocycles. The van der Waals surface area contributed by atoms with E-state index in [1.54, 1.807) is 12.1 Å². The third-order valence-corrected chi connectivity index (χ3v) is 3.40. The van der Waals surface area contributed by atoms with Gasteiger partial charge in [0.15, 0.2) is 0 Å². The Morgan fingerprint density at radius 1 is 1.27 bits per heavy atom. The first-order chi connectivity index (χ1) is 10.4. The summed E-state index contributed by atoms with van der Waals surface area (Å²) in [5.41, 5.74) is 6.97. The van der Waals surface area contributed by atoms with E-state index in [2.05, 4.69) is 5.32 Å². The Kier molecular flexibility index (Phi) is 7.52. The maximum absolute atomic E-state index is 11.7. The average Bonchev–Trinajstić information content (AvgIpc) is 2.46. The van der Waals surface area contributed by atoms with E-state index < -0.39 is 11.0 Å². The molecule has 0 aliphatic rings. The number of nitrogens with two attached hydrogens (primary N) is 1. The normalized spacial score (nSPS) is 12.2. The summed E-state index contributed by atoms with van der Waals surface area (Å²) in [5.74, 6) is 0.312. The highest BCUT2D eigenvalue weighted by Gasteiger charge is 2.13. The zero-order valence-electron chi connectivity index (χ0n) is 13.2. The monoisotopic (exact) mass is 307 g/mol. The number of carbonyl (C=O) groups excluding carboxylic acids is 1. The third kappa shape index (κ3) is 6.67. The molecule has 6 nitrogen and oxygen atoms in total. The van der Waals surface area contributed by atoms with Crippen molar-refractivity contribution in [3.63, 3.8) is 0 Å². The van der Waals surface area contributed by atoms with Crippen LogP contribution in [0.15, 0.2) is 24.3 Å². The van der Waals surface area contributed by atoms with Gasteiger partial charge in [-0.25, -0.2) is 0 Å². The SMILES string of the molecule is CC(C)C[C@H](N)C(=O)NCCCCc1ccc([N+](=O)[O-])cc1. The molecule has 0 aliphatic carbocycles. The number of hydrogen-bond donors (Lipinski definition) is 2. The summed E-state index contributed by atoms with van der Waals surface area (Å²) in [6, 6.07) is 6.14. The van der Waals surface area contributed by atoms with Crippen molar-refractivity contribution in [3.05, 3.63) is 39.9 Å². The molecule has 0 radical (unpaired) electrons. The lowest BCUT2D eigenvalue weighted by molar-refractivity contribution is -0.384. The number of carbonyl (C=O) groups is 1. The molecular weight excluding hydrogens is 282 g/mol. The van der Waals surface area contributed by atoms with Crippen molar-refractivity contribution in [2.45, 2.75) is 45.6 Å². The second-order valence-corrected chi connectivity index (χ2v) is 5.91. The van der Waals surface area contributed by atoms with Gasteiger partial charge in [-0.1, -0.05) is 26.0 Å². The Morgan fingerprint density at radius 3 is 2.45 bits per heavy atom. The molecule has 1 aromatic rings. The molecule has 1 aromatic carbocycles. The summed E-state index contributed by atoms with van der Waals surface area (Å²) in [7, 11) is 0. The zero-order valence-corrected chi connectivity index (χ0v) is 13.2. The number of amides is 1. The van der Waals surface area contributed by atoms with Crippen LogP contribution >= 0.6 is 0 Å². The number of nitro benzene ring substituents is 1. The Bertz CT molecular complexity index is 486. The summed E-state index contributed by atoms with van der Waals surface area (Å²) in [6.45, 7) is 4.69. The molecule has 0 unspecified atom stereocenters. The number of nitro groups is 1. The molecule has 1 atom stereocenters. The first kappa shape index (κ1) is 18.1. The van der Waals surface area contributed by atoms with Gasteiger partial charge in [0.2, 0.25) is 5.91 Å². The Hall–Kier alpha value is -1.95. The van der Waals surface area contributed by atoms with Gasteiger partial charge in [0.1, 0.15) is 0 Å². The number of unbranched alkanes of at least 4 members (excludes halogenated alkanes) is 1. The van der Waals surface area contributed by atoms with Gasteiger partial charge in [0, 0.05) is 18.7 Å². The minimum absolute atomic E-state index is 0.0935. The summed E-state index contributed by atoms with van der Waals surface area (Å²) in [6.07, 6.45) is 3.30. The number of aryl methyl sites for hydroxylation is 1. The maximum Gasteiger partial charge on any atom is 0.269 e. The molecule has 0 fully saturated rings. The third-order valence-electron chi connectivity index (χ3n) is 3.40. The van der Waals surface area contributed by atoms with Crippen LogP contribution in [0.4, 0.5) is 5.69 Å². The highest BCUT2D eigenvalue weighted by Crippen LogP contribution is 2.13. The van der Waals surface area contributed by atoms with Crippen LogP contribution in [-0.2, 0) is 11.2 Å². The molecule has 0 aliphatic heterocycles. The molecule has 1 amide bonds. The van der Waals surface area contributed by atoms with Gasteiger partial charge >= 0.3 is 0 Å². The van der Waals surface area contributed by atoms with E-state index in [1.165, 1.54) is 12.1 Å². The minimum atomic E-state index is -0.435. The molecule has 0 spiro atoms. The number of nitrogens with zero attached hydrogens (tertiary/aromatic N) is 1. The molecule has 0 saturated carbocycles. The standard InChI is InChI=1S/C16H25N3O3/c1-12(2)11-15(17)16(20)18-10-4-3-5-13-6-8-14(9-7-13)19(21)22/h6-9,12,15H,3-5,10-11,17H2,1-2H3,(H,18,20)/t15-/m0/s1. The van der Waals surface area contributed by atoms with Crippen LogP contribution in [-0.4, -0.2) is 23.4 Å². The first-order valence-electron chi connectivity index (χ1n) is 7.66. The van der Waals surface area contributed by atoms with Gasteiger partial charge < -0.3 is 11.1 Å². The molecule has 0 saturated heterocycles. The van der Waals surface area contributed by atoms with Crippen LogP contribution in [0.25, 0.3) is 0 Å². The number of non-ortho nitro benzene ring substituents is 1. The summed E-state index contributed by atoms with van der Waals surface area (Å²) >= 11 is 0. The summed E-state index contributed by atoms with van der Waals surface area (Å²) < 4.78 is 0. The van der Waals surface area contributed by atoms with Crippen molar-refractivity contribution >= 4 is 11.6 Å². The number of benzene rings is 1. The fourth-order valence-corrected chi connectivity index (χ4v) is 2.20. The highest BCUT2D eigenvalue weighted by molar-refractivity contribution is 5.81. The van der Waals surface area contributed by atoms with Crippen LogP contribution in [0.1, 0.15) is 38.7 Å². The van der Waals surface area contributed by atoms with E-state index in [1.807, 2.05) is 13.8 Å². The maximum atomic E-state index is 11.7. The first-order valence-corrected chi connectivity index (χ1v) is 7.66. The smallest absolute Gasteiger partial charge is 0.269 e. The topological polar surface area (TPSA) is 98.3 Å². The Balaban J connectivity index is 2.20. The van der Waals surface area contributed by atoms with Gasteiger partial charge in [0.05, 0.1) is 11.0 Å². The lowest BCUT2D eigenvalue weighted by Gasteiger charge is -2.14. The minimum Gasteiger partial charge on any atom is -0.355 e. The van der Waals surface area contributed by atoms with E-state index in [0.717, 1.165) is 24.8 Å². The van der Waals surface area contributed by atoms with Crippen molar-refractivity contribution in [1.29, 1.82) is 0 Å². The molecule has 122 valence electrons. The highest BCUT2D eigenvalue weighted by atomic mass is 16.6. The van der Waals surface area contributed by atoms with Gasteiger partial charge in [-0.05, 0) is 37.2 Å². The van der Waals surface area contributed by atoms with E-state index in [4.69, 9.17) is 5.73 Å². The van der Waals surface area contributed by atoms with Crippen LogP contribution in [0.2, 0.25) is 0 Å². The largest absolute Gasteiger partial charge is 0.355 e. The molecule has 1 rings (SSSR count). The number of nitrogens with one attached hydrogen (secondary N) is 1. The zero-order chi connectivity index (χ0) is 16.5. The van der Waals surface area contributed by atoms with Crippen molar-refractivity contribution in [2.24, 2.45) is 11.7 Å². The molecule has 6 heteroatoms. The van der Waals surface area contributed by atoms with Crippen LogP contribution < -0.4 is 11.1 Å². The van der Waals surface area contributed by atoms with Gasteiger partial charge in [-0.3, -0.25) is 14.9 Å². The molecule has 22 heavy (non-hydrogen) atoms. The predicted octanol–water partition coefficient (Wildman–Crippen LogP) is 2.41. The van der Waals surface area contributed by atoms with E-state index in [9.17, 15) is 14.9 Å². The average molecular weight is 307 g/mol. The molecule has 0 aromatic heterocycles. The fourth-order valence-electron chi connectivity index (χ4n) is 2.20. The summed E-state index contributed by atoms with van der Waals surface area (Å²) in [4.78, 5) is 21.9. The Morgan fingerprint density at radius 2 is 1.91 bits per heavy atom. The second-order valence-electron chi connectivity index (χ2n) is 5.91.